The lowest BCUT2D eigenvalue weighted by Crippen LogP contribution is -2.24. The van der Waals surface area contributed by atoms with Crippen molar-refractivity contribution in [3.8, 4) is 5.75 Å². The molecule has 2 N–H and O–H groups in total. The van der Waals surface area contributed by atoms with Crippen LogP contribution in [0.2, 0.25) is 0 Å². The third-order valence-corrected chi connectivity index (χ3v) is 3.44. The second kappa shape index (κ2) is 8.05. The second-order valence-electron chi connectivity index (χ2n) is 5.60. The maximum atomic E-state index is 5.78. The van der Waals surface area contributed by atoms with Crippen LogP contribution in [0.25, 0.3) is 0 Å². The molecule has 108 valence electrons. The van der Waals surface area contributed by atoms with E-state index in [0.717, 1.165) is 18.7 Å². The topological polar surface area (TPSA) is 38.5 Å². The first-order valence-electron chi connectivity index (χ1n) is 7.13. The van der Waals surface area contributed by atoms with Gasteiger partial charge in [-0.15, -0.1) is 0 Å². The molecule has 19 heavy (non-hydrogen) atoms. The molecule has 3 nitrogen and oxygen atoms in total. The molecule has 2 unspecified atom stereocenters. The fourth-order valence-electron chi connectivity index (χ4n) is 2.30. The molecule has 1 rings (SSSR count). The van der Waals surface area contributed by atoms with Gasteiger partial charge < -0.3 is 15.4 Å². The van der Waals surface area contributed by atoms with E-state index in [-0.39, 0.29) is 0 Å². The number of methoxy groups -OCH3 is 1. The van der Waals surface area contributed by atoms with Crippen molar-refractivity contribution in [1.29, 1.82) is 0 Å². The number of ether oxygens (including phenoxy) is 1. The quantitative estimate of drug-likeness (QED) is 0.783. The zero-order valence-corrected chi connectivity index (χ0v) is 12.7. The van der Waals surface area contributed by atoms with Gasteiger partial charge in [0.1, 0.15) is 5.75 Å². The predicted octanol–water partition coefficient (Wildman–Crippen LogP) is 3.29. The molecular formula is C16H28N2O. The van der Waals surface area contributed by atoms with E-state index in [2.05, 4.69) is 37.9 Å². The Bertz CT molecular complexity index is 366. The molecule has 1 aromatic carbocycles. The molecule has 0 aliphatic heterocycles. The van der Waals surface area contributed by atoms with Crippen LogP contribution in [-0.2, 0) is 0 Å². The Kier molecular flexibility index (Phi) is 6.71. The van der Waals surface area contributed by atoms with E-state index in [1.165, 1.54) is 18.5 Å². The maximum Gasteiger partial charge on any atom is 0.120 e. The molecule has 2 atom stereocenters. The van der Waals surface area contributed by atoms with Crippen molar-refractivity contribution in [1.82, 2.24) is 0 Å². The SMILES string of the molecule is COc1cccc(N(C)CC(C)CCCC(C)N)c1. The van der Waals surface area contributed by atoms with E-state index in [1.807, 2.05) is 12.1 Å². The molecule has 0 aliphatic rings. The lowest BCUT2D eigenvalue weighted by molar-refractivity contribution is 0.414. The van der Waals surface area contributed by atoms with Crippen LogP contribution in [0.3, 0.4) is 0 Å². The third-order valence-electron chi connectivity index (χ3n) is 3.44. The number of benzene rings is 1. The lowest BCUT2D eigenvalue weighted by atomic mass is 10.0. The molecule has 0 heterocycles. The van der Waals surface area contributed by atoms with E-state index in [1.54, 1.807) is 7.11 Å². The van der Waals surface area contributed by atoms with Crippen molar-refractivity contribution < 1.29 is 4.74 Å². The van der Waals surface area contributed by atoms with Gasteiger partial charge in [-0.05, 0) is 37.8 Å². The molecule has 0 fully saturated rings. The van der Waals surface area contributed by atoms with Crippen LogP contribution in [0, 0.1) is 5.92 Å². The normalized spacial score (nSPS) is 13.9. The summed E-state index contributed by atoms with van der Waals surface area (Å²) in [5.41, 5.74) is 6.99. The van der Waals surface area contributed by atoms with Crippen molar-refractivity contribution in [2.24, 2.45) is 11.7 Å². The molecule has 0 amide bonds. The van der Waals surface area contributed by atoms with E-state index in [4.69, 9.17) is 10.5 Å². The summed E-state index contributed by atoms with van der Waals surface area (Å²) in [6.45, 7) is 5.44. The van der Waals surface area contributed by atoms with Gasteiger partial charge in [0, 0.05) is 31.4 Å². The first-order chi connectivity index (χ1) is 9.02. The predicted molar refractivity (Wildman–Crippen MR) is 82.9 cm³/mol. The number of hydrogen-bond donors (Lipinski definition) is 1. The Morgan fingerprint density at radius 1 is 1.26 bits per heavy atom. The number of hydrogen-bond acceptors (Lipinski definition) is 3. The molecule has 0 saturated carbocycles. The summed E-state index contributed by atoms with van der Waals surface area (Å²) in [5.74, 6) is 1.59. The highest BCUT2D eigenvalue weighted by atomic mass is 16.5. The molecule has 3 heteroatoms. The van der Waals surface area contributed by atoms with E-state index >= 15 is 0 Å². The number of nitrogens with zero attached hydrogens (tertiary/aromatic N) is 1. The smallest absolute Gasteiger partial charge is 0.120 e. The largest absolute Gasteiger partial charge is 0.497 e. The van der Waals surface area contributed by atoms with E-state index < -0.39 is 0 Å². The minimum atomic E-state index is 0.323. The van der Waals surface area contributed by atoms with Gasteiger partial charge in [-0.25, -0.2) is 0 Å². The molecule has 0 radical (unpaired) electrons. The van der Waals surface area contributed by atoms with Crippen LogP contribution in [0.5, 0.6) is 5.75 Å². The first-order valence-corrected chi connectivity index (χ1v) is 7.13. The number of nitrogens with two attached hydrogens (primary N) is 1. The van der Waals surface area contributed by atoms with Gasteiger partial charge in [0.05, 0.1) is 7.11 Å². The first kappa shape index (κ1) is 15.8. The monoisotopic (exact) mass is 264 g/mol. The highest BCUT2D eigenvalue weighted by Gasteiger charge is 2.08. The minimum absolute atomic E-state index is 0.323. The summed E-state index contributed by atoms with van der Waals surface area (Å²) in [7, 11) is 3.84. The Hall–Kier alpha value is -1.22. The van der Waals surface area contributed by atoms with Crippen LogP contribution in [0.1, 0.15) is 33.1 Å². The van der Waals surface area contributed by atoms with Crippen molar-refractivity contribution in [2.75, 3.05) is 25.6 Å². The van der Waals surface area contributed by atoms with Crippen LogP contribution >= 0.6 is 0 Å². The summed E-state index contributed by atoms with van der Waals surface area (Å²) in [6, 6.07) is 8.53. The Balaban J connectivity index is 2.42. The van der Waals surface area contributed by atoms with E-state index in [9.17, 15) is 0 Å². The zero-order valence-electron chi connectivity index (χ0n) is 12.7. The summed E-state index contributed by atoms with van der Waals surface area (Å²) in [4.78, 5) is 2.29. The van der Waals surface area contributed by atoms with Gasteiger partial charge >= 0.3 is 0 Å². The van der Waals surface area contributed by atoms with Crippen LogP contribution in [0.4, 0.5) is 5.69 Å². The summed E-state index contributed by atoms with van der Waals surface area (Å²) in [6.07, 6.45) is 3.56. The summed E-state index contributed by atoms with van der Waals surface area (Å²) < 4.78 is 5.26. The highest BCUT2D eigenvalue weighted by molar-refractivity contribution is 5.50. The number of anilines is 1. The minimum Gasteiger partial charge on any atom is -0.497 e. The highest BCUT2D eigenvalue weighted by Crippen LogP contribution is 2.21. The Labute approximate surface area is 117 Å². The van der Waals surface area contributed by atoms with Crippen LogP contribution in [-0.4, -0.2) is 26.7 Å². The lowest BCUT2D eigenvalue weighted by Gasteiger charge is -2.24. The number of rotatable bonds is 8. The van der Waals surface area contributed by atoms with Crippen molar-refractivity contribution in [2.45, 2.75) is 39.2 Å². The third kappa shape index (κ3) is 5.97. The fraction of sp³-hybridized carbons (Fsp3) is 0.625. The molecule has 1 aromatic rings. The average Bonchev–Trinajstić information content (AvgIpc) is 2.38. The summed E-state index contributed by atoms with van der Waals surface area (Å²) >= 11 is 0. The van der Waals surface area contributed by atoms with Gasteiger partial charge in [-0.1, -0.05) is 19.4 Å². The molecule has 0 aromatic heterocycles. The van der Waals surface area contributed by atoms with Gasteiger partial charge in [-0.3, -0.25) is 0 Å². The fourth-order valence-corrected chi connectivity index (χ4v) is 2.30. The van der Waals surface area contributed by atoms with Crippen LogP contribution in [0.15, 0.2) is 24.3 Å². The average molecular weight is 264 g/mol. The molecule has 0 aliphatic carbocycles. The zero-order chi connectivity index (χ0) is 14.3. The molecule has 0 saturated heterocycles. The maximum absolute atomic E-state index is 5.78. The van der Waals surface area contributed by atoms with Crippen LogP contribution < -0.4 is 15.4 Å². The van der Waals surface area contributed by atoms with Crippen molar-refractivity contribution in [3.63, 3.8) is 0 Å². The Morgan fingerprint density at radius 3 is 2.63 bits per heavy atom. The molecular weight excluding hydrogens is 236 g/mol. The standard InChI is InChI=1S/C16H28N2O/c1-13(7-5-8-14(2)17)12-18(3)15-9-6-10-16(11-15)19-4/h6,9-11,13-14H,5,7-8,12,17H2,1-4H3. The second-order valence-corrected chi connectivity index (χ2v) is 5.60. The van der Waals surface area contributed by atoms with E-state index in [0.29, 0.717) is 12.0 Å². The van der Waals surface area contributed by atoms with Gasteiger partial charge in [0.25, 0.3) is 0 Å². The van der Waals surface area contributed by atoms with Gasteiger partial charge in [-0.2, -0.15) is 0 Å². The Morgan fingerprint density at radius 2 is 2.00 bits per heavy atom. The van der Waals surface area contributed by atoms with Crippen molar-refractivity contribution in [3.05, 3.63) is 24.3 Å². The van der Waals surface area contributed by atoms with Crippen molar-refractivity contribution >= 4 is 5.69 Å². The van der Waals surface area contributed by atoms with Gasteiger partial charge in [0.15, 0.2) is 0 Å². The molecule has 0 bridgehead atoms. The summed E-state index contributed by atoms with van der Waals surface area (Å²) in [5, 5.41) is 0. The van der Waals surface area contributed by atoms with Gasteiger partial charge in [0.2, 0.25) is 0 Å². The molecule has 0 spiro atoms.